The third-order valence-electron chi connectivity index (χ3n) is 1.73. The lowest BCUT2D eigenvalue weighted by molar-refractivity contribution is 0.805. The molecule has 0 aliphatic heterocycles. The molecule has 0 atom stereocenters. The summed E-state index contributed by atoms with van der Waals surface area (Å²) in [5.74, 6) is 1.20. The number of hydrogen-bond donors (Lipinski definition) is 1. The minimum atomic E-state index is 0.304. The van der Waals surface area contributed by atoms with E-state index in [9.17, 15) is 0 Å². The van der Waals surface area contributed by atoms with Crippen LogP contribution in [0.3, 0.4) is 0 Å². The van der Waals surface area contributed by atoms with E-state index in [1.54, 1.807) is 23.3 Å². The van der Waals surface area contributed by atoms with E-state index in [-0.39, 0.29) is 0 Å². The Bertz CT molecular complexity index is 484. The normalized spacial score (nSPS) is 10.6. The maximum absolute atomic E-state index is 5.78. The van der Waals surface area contributed by atoms with Gasteiger partial charge in [-0.2, -0.15) is 0 Å². The number of hydrogen-bond acceptors (Lipinski definition) is 4. The van der Waals surface area contributed by atoms with Crippen molar-refractivity contribution >= 4 is 27.5 Å². The molecule has 7 heteroatoms. The molecule has 2 aromatic rings. The molecular weight excluding hydrogens is 281 g/mol. The SMILES string of the molecule is NCc1ncn(-c2ncc(Cl)cc2Br)n1. The summed E-state index contributed by atoms with van der Waals surface area (Å²) < 4.78 is 2.30. The molecule has 2 N–H and O–H groups in total. The van der Waals surface area contributed by atoms with Crippen LogP contribution in [0.4, 0.5) is 0 Å². The first-order chi connectivity index (χ1) is 7.20. The number of nitrogens with two attached hydrogens (primary N) is 1. The molecule has 78 valence electrons. The highest BCUT2D eigenvalue weighted by Crippen LogP contribution is 2.21. The third-order valence-corrected chi connectivity index (χ3v) is 2.52. The second-order valence-corrected chi connectivity index (χ2v) is 4.06. The third kappa shape index (κ3) is 2.17. The van der Waals surface area contributed by atoms with E-state index in [2.05, 4.69) is 31.0 Å². The van der Waals surface area contributed by atoms with Crippen molar-refractivity contribution in [2.24, 2.45) is 5.73 Å². The second kappa shape index (κ2) is 4.26. The number of rotatable bonds is 2. The quantitative estimate of drug-likeness (QED) is 0.910. The Morgan fingerprint density at radius 2 is 2.27 bits per heavy atom. The molecule has 0 spiro atoms. The van der Waals surface area contributed by atoms with Gasteiger partial charge in [0.15, 0.2) is 11.6 Å². The van der Waals surface area contributed by atoms with Gasteiger partial charge in [-0.1, -0.05) is 11.6 Å². The molecule has 0 amide bonds. The lowest BCUT2D eigenvalue weighted by Gasteiger charge is -2.01. The van der Waals surface area contributed by atoms with Gasteiger partial charge in [0.05, 0.1) is 16.0 Å². The molecule has 0 saturated heterocycles. The molecule has 0 radical (unpaired) electrons. The standard InChI is InChI=1S/C8H7BrClN5/c9-6-1-5(10)3-12-8(6)15-4-13-7(2-11)14-15/h1,3-4H,2,11H2. The van der Waals surface area contributed by atoms with Crippen LogP contribution in [0.5, 0.6) is 0 Å². The summed E-state index contributed by atoms with van der Waals surface area (Å²) in [7, 11) is 0. The first kappa shape index (κ1) is 10.5. The predicted octanol–water partition coefficient (Wildman–Crippen LogP) is 1.54. The van der Waals surface area contributed by atoms with Gasteiger partial charge in [0.1, 0.15) is 6.33 Å². The lowest BCUT2D eigenvalue weighted by Crippen LogP contribution is -2.02. The van der Waals surface area contributed by atoms with Crippen LogP contribution in [0.1, 0.15) is 5.82 Å². The van der Waals surface area contributed by atoms with Gasteiger partial charge < -0.3 is 5.73 Å². The van der Waals surface area contributed by atoms with Crippen molar-refractivity contribution in [3.05, 3.63) is 33.9 Å². The summed E-state index contributed by atoms with van der Waals surface area (Å²) in [6, 6.07) is 1.74. The molecule has 15 heavy (non-hydrogen) atoms. The molecule has 0 fully saturated rings. The summed E-state index contributed by atoms with van der Waals surface area (Å²) in [4.78, 5) is 8.14. The Hall–Kier alpha value is -0.980. The van der Waals surface area contributed by atoms with Gasteiger partial charge in [0, 0.05) is 6.20 Å². The second-order valence-electron chi connectivity index (χ2n) is 2.77. The van der Waals surface area contributed by atoms with E-state index >= 15 is 0 Å². The van der Waals surface area contributed by atoms with Crippen molar-refractivity contribution in [1.82, 2.24) is 19.7 Å². The fraction of sp³-hybridized carbons (Fsp3) is 0.125. The van der Waals surface area contributed by atoms with Gasteiger partial charge in [0.2, 0.25) is 0 Å². The Kier molecular flexibility index (Phi) is 2.99. The molecule has 0 saturated carbocycles. The van der Waals surface area contributed by atoms with Crippen LogP contribution in [-0.2, 0) is 6.54 Å². The van der Waals surface area contributed by atoms with E-state index in [1.807, 2.05) is 0 Å². The minimum Gasteiger partial charge on any atom is -0.324 e. The fourth-order valence-electron chi connectivity index (χ4n) is 1.07. The van der Waals surface area contributed by atoms with Crippen LogP contribution in [0.15, 0.2) is 23.1 Å². The first-order valence-electron chi connectivity index (χ1n) is 4.12. The highest BCUT2D eigenvalue weighted by molar-refractivity contribution is 9.10. The maximum Gasteiger partial charge on any atom is 0.169 e. The Balaban J connectivity index is 2.44. The van der Waals surface area contributed by atoms with E-state index in [1.165, 1.54) is 0 Å². The Labute approximate surface area is 99.4 Å². The van der Waals surface area contributed by atoms with Crippen LogP contribution in [0.2, 0.25) is 5.02 Å². The molecule has 0 bridgehead atoms. The minimum absolute atomic E-state index is 0.304. The van der Waals surface area contributed by atoms with Gasteiger partial charge in [-0.05, 0) is 22.0 Å². The first-order valence-corrected chi connectivity index (χ1v) is 5.30. The molecular formula is C8H7BrClN5. The molecule has 0 aromatic carbocycles. The predicted molar refractivity (Wildman–Crippen MR) is 59.8 cm³/mol. The summed E-state index contributed by atoms with van der Waals surface area (Å²) in [6.07, 6.45) is 3.11. The average molecular weight is 289 g/mol. The van der Waals surface area contributed by atoms with Crippen molar-refractivity contribution in [3.63, 3.8) is 0 Å². The molecule has 2 aromatic heterocycles. The van der Waals surface area contributed by atoms with Gasteiger partial charge in [0.25, 0.3) is 0 Å². The topological polar surface area (TPSA) is 69.6 Å². The zero-order chi connectivity index (χ0) is 10.8. The number of aromatic nitrogens is 4. The highest BCUT2D eigenvalue weighted by atomic mass is 79.9. The smallest absolute Gasteiger partial charge is 0.169 e. The zero-order valence-corrected chi connectivity index (χ0v) is 9.90. The van der Waals surface area contributed by atoms with Crippen molar-refractivity contribution < 1.29 is 0 Å². The summed E-state index contributed by atoms with van der Waals surface area (Å²) >= 11 is 9.13. The fourth-order valence-corrected chi connectivity index (χ4v) is 1.89. The molecule has 0 aliphatic carbocycles. The van der Waals surface area contributed by atoms with Crippen LogP contribution in [0, 0.1) is 0 Å². The molecule has 5 nitrogen and oxygen atoms in total. The van der Waals surface area contributed by atoms with E-state index < -0.39 is 0 Å². The van der Waals surface area contributed by atoms with Gasteiger partial charge in [-0.15, -0.1) is 5.10 Å². The Morgan fingerprint density at radius 1 is 1.47 bits per heavy atom. The zero-order valence-electron chi connectivity index (χ0n) is 7.56. The van der Waals surface area contributed by atoms with Crippen LogP contribution < -0.4 is 5.73 Å². The van der Waals surface area contributed by atoms with Crippen molar-refractivity contribution in [2.75, 3.05) is 0 Å². The van der Waals surface area contributed by atoms with E-state index in [0.29, 0.717) is 23.2 Å². The van der Waals surface area contributed by atoms with E-state index in [0.717, 1.165) is 4.47 Å². The summed E-state index contributed by atoms with van der Waals surface area (Å²) in [5.41, 5.74) is 5.41. The van der Waals surface area contributed by atoms with Crippen molar-refractivity contribution in [1.29, 1.82) is 0 Å². The Morgan fingerprint density at radius 3 is 2.87 bits per heavy atom. The molecule has 0 unspecified atom stereocenters. The maximum atomic E-state index is 5.78. The van der Waals surface area contributed by atoms with Gasteiger partial charge in [-0.25, -0.2) is 14.6 Å². The van der Waals surface area contributed by atoms with Crippen LogP contribution in [0.25, 0.3) is 5.82 Å². The van der Waals surface area contributed by atoms with Gasteiger partial charge in [-0.3, -0.25) is 0 Å². The summed E-state index contributed by atoms with van der Waals surface area (Å²) in [6.45, 7) is 0.304. The number of nitrogens with zero attached hydrogens (tertiary/aromatic N) is 4. The molecule has 2 heterocycles. The summed E-state index contributed by atoms with van der Waals surface area (Å²) in [5, 5.41) is 4.69. The van der Waals surface area contributed by atoms with Gasteiger partial charge >= 0.3 is 0 Å². The largest absolute Gasteiger partial charge is 0.324 e. The number of pyridine rings is 1. The van der Waals surface area contributed by atoms with Crippen LogP contribution in [-0.4, -0.2) is 19.7 Å². The monoisotopic (exact) mass is 287 g/mol. The molecule has 2 rings (SSSR count). The highest BCUT2D eigenvalue weighted by Gasteiger charge is 2.07. The van der Waals surface area contributed by atoms with Crippen LogP contribution >= 0.6 is 27.5 Å². The van der Waals surface area contributed by atoms with Crippen molar-refractivity contribution in [2.45, 2.75) is 6.54 Å². The van der Waals surface area contributed by atoms with E-state index in [4.69, 9.17) is 17.3 Å². The van der Waals surface area contributed by atoms with Crippen molar-refractivity contribution in [3.8, 4) is 5.82 Å². The average Bonchev–Trinajstić information content (AvgIpc) is 2.66. The molecule has 0 aliphatic rings. The lowest BCUT2D eigenvalue weighted by atomic mass is 10.5. The number of halogens is 2.